The van der Waals surface area contributed by atoms with Crippen LogP contribution >= 0.6 is 0 Å². The van der Waals surface area contributed by atoms with Gasteiger partial charge in [0.25, 0.3) is 0 Å². The van der Waals surface area contributed by atoms with Gasteiger partial charge in [-0.15, -0.1) is 0 Å². The minimum absolute atomic E-state index is 0.0161. The van der Waals surface area contributed by atoms with Crippen LogP contribution < -0.4 is 0 Å². The number of carbonyl (C=O) groups excluding carboxylic acids is 1. The van der Waals surface area contributed by atoms with E-state index in [1.54, 1.807) is 0 Å². The van der Waals surface area contributed by atoms with Crippen molar-refractivity contribution in [3.63, 3.8) is 0 Å². The highest BCUT2D eigenvalue weighted by molar-refractivity contribution is 5.96. The van der Waals surface area contributed by atoms with Gasteiger partial charge >= 0.3 is 6.03 Å². The Hall–Kier alpha value is -4.90. The molecule has 208 valence electrons. The molecule has 3 heterocycles. The van der Waals surface area contributed by atoms with E-state index in [2.05, 4.69) is 122 Å². The van der Waals surface area contributed by atoms with Crippen LogP contribution in [0.3, 0.4) is 0 Å². The molecule has 2 aromatic heterocycles. The largest absolute Gasteiger partial charge is 0.329 e. The van der Waals surface area contributed by atoms with Gasteiger partial charge in [-0.05, 0) is 49.1 Å². The normalized spacial score (nSPS) is 14.3. The van der Waals surface area contributed by atoms with Crippen LogP contribution in [0.2, 0.25) is 0 Å². The van der Waals surface area contributed by atoms with Gasteiger partial charge in [-0.1, -0.05) is 109 Å². The van der Waals surface area contributed by atoms with Gasteiger partial charge in [0, 0.05) is 29.7 Å². The average molecular weight is 551 g/mol. The van der Waals surface area contributed by atoms with E-state index in [4.69, 9.17) is 4.98 Å². The van der Waals surface area contributed by atoms with Gasteiger partial charge in [0.05, 0.1) is 23.6 Å². The fourth-order valence-electron chi connectivity index (χ4n) is 7.06. The molecule has 42 heavy (non-hydrogen) atoms. The molecule has 6 aromatic rings. The number of hydrogen-bond donors (Lipinski definition) is 0. The first-order valence-electron chi connectivity index (χ1n) is 14.6. The Balaban J connectivity index is 1.38. The standard InChI is InChI=1S/C37H34N4O/c1-26-32-21-13-14-22-34(32)41-33(26)23-24-39(36(41)42)27(2)35-28(3)40(25-38-35)37(29-15-7-4-8-16-29,30-17-9-5-10-18-30)31-19-11-6-12-20-31/h4-22,25,27H,23-24H2,1-3H3/t27-/m1/s1. The van der Waals surface area contributed by atoms with Crippen LogP contribution in [0.4, 0.5) is 4.79 Å². The molecule has 0 radical (unpaired) electrons. The lowest BCUT2D eigenvalue weighted by molar-refractivity contribution is 0.172. The summed E-state index contributed by atoms with van der Waals surface area (Å²) in [6, 6.07) is 39.9. The van der Waals surface area contributed by atoms with E-state index >= 15 is 0 Å². The minimum Gasteiger partial charge on any atom is -0.316 e. The molecule has 0 unspecified atom stereocenters. The van der Waals surface area contributed by atoms with Gasteiger partial charge in [-0.3, -0.25) is 4.57 Å². The summed E-state index contributed by atoms with van der Waals surface area (Å²) < 4.78 is 4.22. The van der Waals surface area contributed by atoms with E-state index in [0.29, 0.717) is 6.54 Å². The predicted octanol–water partition coefficient (Wildman–Crippen LogP) is 7.88. The maximum Gasteiger partial charge on any atom is 0.329 e. The van der Waals surface area contributed by atoms with Gasteiger partial charge in [-0.2, -0.15) is 0 Å². The summed E-state index contributed by atoms with van der Waals surface area (Å²) in [6.07, 6.45) is 2.78. The number of nitrogens with zero attached hydrogens (tertiary/aromatic N) is 4. The number of aryl methyl sites for hydroxylation is 1. The van der Waals surface area contributed by atoms with Crippen LogP contribution in [0.25, 0.3) is 10.9 Å². The van der Waals surface area contributed by atoms with Crippen LogP contribution in [0, 0.1) is 13.8 Å². The first-order valence-corrected chi connectivity index (χ1v) is 14.6. The van der Waals surface area contributed by atoms with Crippen LogP contribution in [-0.4, -0.2) is 31.6 Å². The summed E-state index contributed by atoms with van der Waals surface area (Å²) >= 11 is 0. The second-order valence-corrected chi connectivity index (χ2v) is 11.2. The highest BCUT2D eigenvalue weighted by atomic mass is 16.2. The molecule has 0 N–H and O–H groups in total. The number of rotatable bonds is 6. The zero-order chi connectivity index (χ0) is 28.8. The first-order chi connectivity index (χ1) is 20.5. The fraction of sp³-hybridized carbons (Fsp3) is 0.189. The lowest BCUT2D eigenvalue weighted by Crippen LogP contribution is -2.43. The zero-order valence-electron chi connectivity index (χ0n) is 24.2. The monoisotopic (exact) mass is 550 g/mol. The third kappa shape index (κ3) is 3.77. The molecule has 1 aliphatic rings. The molecule has 5 heteroatoms. The van der Waals surface area contributed by atoms with Gasteiger partial charge < -0.3 is 9.47 Å². The summed E-state index contributed by atoms with van der Waals surface area (Å²) in [7, 11) is 0. The molecule has 1 aliphatic heterocycles. The van der Waals surface area contributed by atoms with E-state index in [-0.39, 0.29) is 12.1 Å². The first kappa shape index (κ1) is 26.0. The molecule has 7 rings (SSSR count). The zero-order valence-corrected chi connectivity index (χ0v) is 24.2. The molecule has 0 bridgehead atoms. The van der Waals surface area contributed by atoms with Gasteiger partial charge in [-0.25, -0.2) is 9.78 Å². The quantitative estimate of drug-likeness (QED) is 0.198. The number of imidazole rings is 1. The number of para-hydroxylation sites is 1. The van der Waals surface area contributed by atoms with Crippen molar-refractivity contribution in [2.75, 3.05) is 6.54 Å². The SMILES string of the molecule is Cc1c2n(c3ccccc13)C(=O)N([C@H](C)c1ncn(C(c3ccccc3)(c3ccccc3)c3ccccc3)c1C)CC2. The number of carbonyl (C=O) groups is 1. The molecule has 1 amide bonds. The highest BCUT2D eigenvalue weighted by Gasteiger charge is 2.41. The maximum absolute atomic E-state index is 14.1. The molecule has 5 nitrogen and oxygen atoms in total. The number of hydrogen-bond acceptors (Lipinski definition) is 2. The molecular weight excluding hydrogens is 516 g/mol. The summed E-state index contributed by atoms with van der Waals surface area (Å²) in [5, 5.41) is 1.15. The molecule has 4 aromatic carbocycles. The van der Waals surface area contributed by atoms with Gasteiger partial charge in [0.15, 0.2) is 0 Å². The van der Waals surface area contributed by atoms with Crippen LogP contribution in [-0.2, 0) is 12.0 Å². The number of benzene rings is 4. The topological polar surface area (TPSA) is 43.1 Å². The van der Waals surface area contributed by atoms with E-state index in [1.807, 2.05) is 34.0 Å². The Morgan fingerprint density at radius 2 is 1.26 bits per heavy atom. The van der Waals surface area contributed by atoms with Crippen molar-refractivity contribution in [3.05, 3.63) is 161 Å². The van der Waals surface area contributed by atoms with E-state index in [1.165, 1.54) is 5.56 Å². The second-order valence-electron chi connectivity index (χ2n) is 11.2. The van der Waals surface area contributed by atoms with Crippen molar-refractivity contribution in [3.8, 4) is 0 Å². The summed E-state index contributed by atoms with van der Waals surface area (Å²) in [6.45, 7) is 7.03. The molecule has 0 saturated carbocycles. The Labute approximate surface area is 246 Å². The smallest absolute Gasteiger partial charge is 0.316 e. The number of aromatic nitrogens is 3. The molecule has 1 atom stereocenters. The molecular formula is C37H34N4O. The van der Waals surface area contributed by atoms with E-state index < -0.39 is 5.54 Å². The maximum atomic E-state index is 14.1. The van der Waals surface area contributed by atoms with Crippen LogP contribution in [0.1, 0.15) is 52.3 Å². The van der Waals surface area contributed by atoms with E-state index in [0.717, 1.165) is 51.1 Å². The third-order valence-electron chi connectivity index (χ3n) is 9.12. The number of amides is 1. The molecule has 0 spiro atoms. The fourth-order valence-corrected chi connectivity index (χ4v) is 7.06. The lowest BCUT2D eigenvalue weighted by Gasteiger charge is -2.39. The summed E-state index contributed by atoms with van der Waals surface area (Å²) in [5.74, 6) is 0. The van der Waals surface area contributed by atoms with Crippen molar-refractivity contribution in [2.24, 2.45) is 0 Å². The predicted molar refractivity (Wildman–Crippen MR) is 168 cm³/mol. The van der Waals surface area contributed by atoms with E-state index in [9.17, 15) is 4.79 Å². The summed E-state index contributed by atoms with van der Waals surface area (Å²) in [5.41, 5.74) is 8.03. The highest BCUT2D eigenvalue weighted by Crippen LogP contribution is 2.43. The molecule has 0 fully saturated rings. The lowest BCUT2D eigenvalue weighted by atomic mass is 9.76. The van der Waals surface area contributed by atoms with Crippen LogP contribution in [0.5, 0.6) is 0 Å². The second kappa shape index (κ2) is 10.2. The third-order valence-corrected chi connectivity index (χ3v) is 9.12. The van der Waals surface area contributed by atoms with Crippen molar-refractivity contribution in [1.29, 1.82) is 0 Å². The van der Waals surface area contributed by atoms with Crippen LogP contribution in [0.15, 0.2) is 122 Å². The minimum atomic E-state index is -0.647. The van der Waals surface area contributed by atoms with Crippen molar-refractivity contribution < 1.29 is 4.79 Å². The van der Waals surface area contributed by atoms with Gasteiger partial charge in [0.2, 0.25) is 0 Å². The summed E-state index contributed by atoms with van der Waals surface area (Å²) in [4.78, 5) is 21.1. The van der Waals surface area contributed by atoms with Crippen molar-refractivity contribution in [2.45, 2.75) is 38.8 Å². The van der Waals surface area contributed by atoms with Gasteiger partial charge in [0.1, 0.15) is 5.54 Å². The average Bonchev–Trinajstić information content (AvgIpc) is 3.57. The Morgan fingerprint density at radius 3 is 1.83 bits per heavy atom. The number of fused-ring (bicyclic) bond motifs is 3. The van der Waals surface area contributed by atoms with Crippen molar-refractivity contribution >= 4 is 16.9 Å². The Bertz CT molecular complexity index is 1790. The van der Waals surface area contributed by atoms with Crippen molar-refractivity contribution in [1.82, 2.24) is 19.0 Å². The Kier molecular flexibility index (Phi) is 6.31. The molecule has 0 aliphatic carbocycles. The molecule has 0 saturated heterocycles. The Morgan fingerprint density at radius 1 is 0.738 bits per heavy atom.